The molecule has 0 aliphatic rings. The van der Waals surface area contributed by atoms with Crippen molar-refractivity contribution in [2.75, 3.05) is 19.0 Å². The number of rotatable bonds is 5. The Labute approximate surface area is 60.9 Å². The second-order valence-electron chi connectivity index (χ2n) is 1.81. The highest BCUT2D eigenvalue weighted by Gasteiger charge is 2.07. The molecule has 0 spiro atoms. The summed E-state index contributed by atoms with van der Waals surface area (Å²) in [5, 5.41) is 8.24. The Morgan fingerprint density at radius 2 is 2.10 bits per heavy atom. The first-order chi connectivity index (χ1) is 4.62. The van der Waals surface area contributed by atoms with E-state index >= 15 is 0 Å². The van der Waals surface area contributed by atoms with Gasteiger partial charge in [0.2, 0.25) is 0 Å². The Hall–Kier alpha value is -0.130. The largest absolute Gasteiger partial charge is 0.395 e. The highest BCUT2D eigenvalue weighted by Crippen LogP contribution is 1.92. The lowest BCUT2D eigenvalue weighted by Crippen LogP contribution is -2.13. The van der Waals surface area contributed by atoms with Crippen molar-refractivity contribution in [1.29, 1.82) is 0 Å². The van der Waals surface area contributed by atoms with Gasteiger partial charge in [0, 0.05) is 0 Å². The van der Waals surface area contributed by atoms with Gasteiger partial charge in [0.25, 0.3) is 10.1 Å². The van der Waals surface area contributed by atoms with Crippen molar-refractivity contribution in [2.45, 2.75) is 13.3 Å². The van der Waals surface area contributed by atoms with Crippen LogP contribution in [0, 0.1) is 0 Å². The molecule has 0 aliphatic carbocycles. The Bertz CT molecular complexity index is 160. The van der Waals surface area contributed by atoms with E-state index in [0.717, 1.165) is 0 Å². The van der Waals surface area contributed by atoms with E-state index in [0.29, 0.717) is 6.42 Å². The first-order valence-corrected chi connectivity index (χ1v) is 4.68. The fourth-order valence-electron chi connectivity index (χ4n) is 0.381. The van der Waals surface area contributed by atoms with Crippen LogP contribution in [0.5, 0.6) is 0 Å². The lowest BCUT2D eigenvalue weighted by atomic mass is 10.5. The molecule has 0 fully saturated rings. The van der Waals surface area contributed by atoms with E-state index in [1.54, 1.807) is 0 Å². The van der Waals surface area contributed by atoms with E-state index in [-0.39, 0.29) is 19.0 Å². The smallest absolute Gasteiger partial charge is 0.269 e. The molecule has 62 valence electrons. The maximum absolute atomic E-state index is 10.6. The Morgan fingerprint density at radius 3 is 2.50 bits per heavy atom. The molecule has 0 atom stereocenters. The molecule has 0 saturated carbocycles. The van der Waals surface area contributed by atoms with Crippen molar-refractivity contribution in [3.05, 3.63) is 0 Å². The lowest BCUT2D eigenvalue weighted by molar-refractivity contribution is 0.291. The fraction of sp³-hybridized carbons (Fsp3) is 1.00. The van der Waals surface area contributed by atoms with Crippen LogP contribution in [-0.2, 0) is 14.3 Å². The highest BCUT2D eigenvalue weighted by atomic mass is 32.2. The van der Waals surface area contributed by atoms with E-state index in [9.17, 15) is 8.42 Å². The van der Waals surface area contributed by atoms with Gasteiger partial charge in [-0.3, -0.25) is 4.18 Å². The van der Waals surface area contributed by atoms with Gasteiger partial charge in [-0.15, -0.1) is 0 Å². The van der Waals surface area contributed by atoms with Gasteiger partial charge in [0.05, 0.1) is 19.0 Å². The van der Waals surface area contributed by atoms with E-state index in [2.05, 4.69) is 4.18 Å². The Balaban J connectivity index is 3.65. The molecule has 5 heteroatoms. The molecule has 1 N–H and O–H groups in total. The predicted octanol–water partition coefficient (Wildman–Crippen LogP) is -0.265. The summed E-state index contributed by atoms with van der Waals surface area (Å²) < 4.78 is 25.6. The normalized spacial score (nSPS) is 11.8. The first kappa shape index (κ1) is 9.87. The summed E-state index contributed by atoms with van der Waals surface area (Å²) in [6.45, 7) is 1.63. The molecule has 4 nitrogen and oxygen atoms in total. The van der Waals surface area contributed by atoms with Crippen LogP contribution < -0.4 is 0 Å². The summed E-state index contributed by atoms with van der Waals surface area (Å²) >= 11 is 0. The summed E-state index contributed by atoms with van der Waals surface area (Å²) in [6, 6.07) is 0. The summed E-state index contributed by atoms with van der Waals surface area (Å²) in [7, 11) is -3.44. The third-order valence-electron chi connectivity index (χ3n) is 0.808. The van der Waals surface area contributed by atoms with Crippen molar-refractivity contribution in [2.24, 2.45) is 0 Å². The van der Waals surface area contributed by atoms with Crippen molar-refractivity contribution >= 4 is 10.1 Å². The Morgan fingerprint density at radius 1 is 1.50 bits per heavy atom. The molecule has 0 aliphatic heterocycles. The minimum atomic E-state index is -3.44. The van der Waals surface area contributed by atoms with Crippen LogP contribution in [0.2, 0.25) is 0 Å². The molecule has 0 bridgehead atoms. The maximum atomic E-state index is 10.6. The van der Waals surface area contributed by atoms with Crippen molar-refractivity contribution in [1.82, 2.24) is 0 Å². The first-order valence-electron chi connectivity index (χ1n) is 3.10. The summed E-state index contributed by atoms with van der Waals surface area (Å²) in [6.07, 6.45) is 0.657. The third kappa shape index (κ3) is 4.72. The van der Waals surface area contributed by atoms with Crippen LogP contribution in [0.1, 0.15) is 13.3 Å². The van der Waals surface area contributed by atoms with Crippen LogP contribution in [0.3, 0.4) is 0 Å². The van der Waals surface area contributed by atoms with Gasteiger partial charge in [-0.25, -0.2) is 0 Å². The average Bonchev–Trinajstić information content (AvgIpc) is 1.84. The van der Waals surface area contributed by atoms with Gasteiger partial charge in [-0.05, 0) is 6.42 Å². The molecule has 0 rings (SSSR count). The van der Waals surface area contributed by atoms with Crippen molar-refractivity contribution in [3.8, 4) is 0 Å². The monoisotopic (exact) mass is 168 g/mol. The summed E-state index contributed by atoms with van der Waals surface area (Å²) in [5.41, 5.74) is 0. The molecule has 0 amide bonds. The molecule has 0 saturated heterocycles. The second-order valence-corrected chi connectivity index (χ2v) is 3.57. The number of hydrogen-bond acceptors (Lipinski definition) is 4. The van der Waals surface area contributed by atoms with Crippen LogP contribution in [-0.4, -0.2) is 32.5 Å². The molecular formula is C5H12O4S. The molecule has 0 aromatic heterocycles. The molecule has 0 unspecified atom stereocenters. The Kier molecular flexibility index (Phi) is 4.59. The van der Waals surface area contributed by atoms with E-state index in [1.165, 1.54) is 0 Å². The standard InChI is InChI=1S/C5H12O4S/c1-2-4-9-10(7,8)5-3-6/h6H,2-5H2,1H3. The maximum Gasteiger partial charge on any atom is 0.269 e. The second kappa shape index (κ2) is 4.65. The van der Waals surface area contributed by atoms with E-state index in [4.69, 9.17) is 5.11 Å². The van der Waals surface area contributed by atoms with E-state index in [1.807, 2.05) is 6.92 Å². The number of hydrogen-bond donors (Lipinski definition) is 1. The van der Waals surface area contributed by atoms with Crippen LogP contribution in [0.25, 0.3) is 0 Å². The number of aliphatic hydroxyl groups is 1. The zero-order chi connectivity index (χ0) is 8.04. The average molecular weight is 168 g/mol. The van der Waals surface area contributed by atoms with Crippen LogP contribution >= 0.6 is 0 Å². The van der Waals surface area contributed by atoms with Gasteiger partial charge < -0.3 is 5.11 Å². The SMILES string of the molecule is CCCOS(=O)(=O)CCO. The van der Waals surface area contributed by atoms with E-state index < -0.39 is 10.1 Å². The third-order valence-corrected chi connectivity index (χ3v) is 2.02. The molecule has 0 aromatic carbocycles. The molecule has 0 heterocycles. The van der Waals surface area contributed by atoms with Crippen molar-refractivity contribution < 1.29 is 17.7 Å². The minimum absolute atomic E-state index is 0.197. The summed E-state index contributed by atoms with van der Waals surface area (Å²) in [4.78, 5) is 0. The predicted molar refractivity (Wildman–Crippen MR) is 37.1 cm³/mol. The number of aliphatic hydroxyl groups excluding tert-OH is 1. The zero-order valence-electron chi connectivity index (χ0n) is 5.91. The van der Waals surface area contributed by atoms with Gasteiger partial charge in [-0.2, -0.15) is 8.42 Å². The zero-order valence-corrected chi connectivity index (χ0v) is 6.73. The van der Waals surface area contributed by atoms with Gasteiger partial charge in [0.15, 0.2) is 0 Å². The highest BCUT2D eigenvalue weighted by molar-refractivity contribution is 7.86. The minimum Gasteiger partial charge on any atom is -0.395 e. The quantitative estimate of drug-likeness (QED) is 0.574. The topological polar surface area (TPSA) is 63.6 Å². The lowest BCUT2D eigenvalue weighted by Gasteiger charge is -2.00. The molecule has 0 radical (unpaired) electrons. The van der Waals surface area contributed by atoms with Crippen LogP contribution in [0.4, 0.5) is 0 Å². The van der Waals surface area contributed by atoms with Gasteiger partial charge in [0.1, 0.15) is 0 Å². The van der Waals surface area contributed by atoms with Crippen molar-refractivity contribution in [3.63, 3.8) is 0 Å². The molecule has 0 aromatic rings. The van der Waals surface area contributed by atoms with Crippen LogP contribution in [0.15, 0.2) is 0 Å². The summed E-state index contributed by atoms with van der Waals surface area (Å²) in [5.74, 6) is -0.312. The van der Waals surface area contributed by atoms with Gasteiger partial charge in [-0.1, -0.05) is 6.92 Å². The molecular weight excluding hydrogens is 156 g/mol. The molecule has 10 heavy (non-hydrogen) atoms. The van der Waals surface area contributed by atoms with Gasteiger partial charge >= 0.3 is 0 Å². The fourth-order valence-corrected chi connectivity index (χ4v) is 1.14.